The highest BCUT2D eigenvalue weighted by atomic mass is 15.0. The molecule has 3 aromatic heterocycles. The van der Waals surface area contributed by atoms with Crippen LogP contribution in [0.2, 0.25) is 0 Å². The molecule has 0 saturated heterocycles. The topological polar surface area (TPSA) is 84.6 Å². The van der Waals surface area contributed by atoms with Crippen molar-refractivity contribution in [1.29, 1.82) is 5.26 Å². The van der Waals surface area contributed by atoms with Gasteiger partial charge in [0.2, 0.25) is 0 Å². The summed E-state index contributed by atoms with van der Waals surface area (Å²) in [5, 5.41) is 11.4. The van der Waals surface area contributed by atoms with E-state index in [2.05, 4.69) is 53.6 Å². The van der Waals surface area contributed by atoms with E-state index >= 15 is 0 Å². The molecule has 7 nitrogen and oxygen atoms in total. The van der Waals surface area contributed by atoms with Crippen molar-refractivity contribution in [1.82, 2.24) is 24.5 Å². The monoisotopic (exact) mass is 449 g/mol. The van der Waals surface area contributed by atoms with Gasteiger partial charge in [0.25, 0.3) is 5.82 Å². The van der Waals surface area contributed by atoms with Crippen molar-refractivity contribution in [2.24, 2.45) is 0 Å². The first-order valence-corrected chi connectivity index (χ1v) is 10.8. The van der Waals surface area contributed by atoms with Crippen LogP contribution in [0.15, 0.2) is 91.5 Å². The summed E-state index contributed by atoms with van der Waals surface area (Å²) in [6.07, 6.45) is 6.19. The maximum absolute atomic E-state index is 9.18. The number of rotatable bonds is 3. The summed E-state index contributed by atoms with van der Waals surface area (Å²) in [5.41, 5.74) is 6.14. The number of fused-ring (bicyclic) bond motifs is 3. The van der Waals surface area contributed by atoms with Crippen LogP contribution in [-0.4, -0.2) is 24.5 Å². The third-order valence-corrected chi connectivity index (χ3v) is 5.91. The van der Waals surface area contributed by atoms with Gasteiger partial charge >= 0.3 is 0 Å². The smallest absolute Gasteiger partial charge is 0.287 e. The summed E-state index contributed by atoms with van der Waals surface area (Å²) in [6.45, 7) is 7.22. The van der Waals surface area contributed by atoms with Crippen LogP contribution in [0.1, 0.15) is 5.69 Å². The van der Waals surface area contributed by atoms with Crippen LogP contribution in [0.3, 0.4) is 0 Å². The molecule has 0 N–H and O–H groups in total. The highest BCUT2D eigenvalue weighted by molar-refractivity contribution is 6.10. The van der Waals surface area contributed by atoms with Crippen molar-refractivity contribution in [3.8, 4) is 34.3 Å². The minimum Gasteiger partial charge on any atom is -0.359 e. The van der Waals surface area contributed by atoms with E-state index < -0.39 is 0 Å². The lowest BCUT2D eigenvalue weighted by molar-refractivity contribution is 1.13. The van der Waals surface area contributed by atoms with Crippen molar-refractivity contribution in [3.63, 3.8) is 0 Å². The van der Waals surface area contributed by atoms with E-state index in [1.807, 2.05) is 48.5 Å². The fourth-order valence-electron chi connectivity index (χ4n) is 4.40. The standard InChI is InChI=1S/C28H15N7/c1-30-27-17-33-24(16-34-27)22-10-6-9-21(23-15-31-18(13-29)14-32-23)28(22)35-25-11-4-2-7-19(25)20-8-3-5-12-26(20)35/h2-12,14-17H. The largest absolute Gasteiger partial charge is 0.359 e. The molecular weight excluding hydrogens is 434 g/mol. The van der Waals surface area contributed by atoms with Gasteiger partial charge in [-0.2, -0.15) is 5.26 Å². The number of para-hydroxylation sites is 3. The molecule has 0 fully saturated rings. The lowest BCUT2D eigenvalue weighted by Crippen LogP contribution is -2.02. The Morgan fingerprint density at radius 2 is 1.29 bits per heavy atom. The van der Waals surface area contributed by atoms with Crippen molar-refractivity contribution in [3.05, 3.63) is 109 Å². The van der Waals surface area contributed by atoms with Crippen molar-refractivity contribution >= 4 is 27.6 Å². The molecule has 6 rings (SSSR count). The van der Waals surface area contributed by atoms with E-state index in [1.165, 1.54) is 12.4 Å². The van der Waals surface area contributed by atoms with Crippen LogP contribution < -0.4 is 0 Å². The van der Waals surface area contributed by atoms with Crippen LogP contribution in [0.25, 0.3) is 54.9 Å². The van der Waals surface area contributed by atoms with Gasteiger partial charge in [0, 0.05) is 21.9 Å². The van der Waals surface area contributed by atoms with Crippen LogP contribution in [0.4, 0.5) is 5.82 Å². The molecule has 0 amide bonds. The Morgan fingerprint density at radius 3 is 1.80 bits per heavy atom. The fourth-order valence-corrected chi connectivity index (χ4v) is 4.40. The highest BCUT2D eigenvalue weighted by Crippen LogP contribution is 2.40. The van der Waals surface area contributed by atoms with Gasteiger partial charge in [0.05, 0.1) is 41.0 Å². The van der Waals surface area contributed by atoms with E-state index in [9.17, 15) is 5.26 Å². The first-order valence-electron chi connectivity index (χ1n) is 10.8. The summed E-state index contributed by atoms with van der Waals surface area (Å²) < 4.78 is 2.21. The molecular formula is C28H15N7. The summed E-state index contributed by atoms with van der Waals surface area (Å²) in [7, 11) is 0. The minimum absolute atomic E-state index is 0.237. The first kappa shape index (κ1) is 20.2. The van der Waals surface area contributed by atoms with Gasteiger partial charge in [0.15, 0.2) is 5.69 Å². The Bertz CT molecular complexity index is 1670. The second kappa shape index (κ2) is 8.18. The minimum atomic E-state index is 0.237. The van der Waals surface area contributed by atoms with Gasteiger partial charge in [-0.15, -0.1) is 4.98 Å². The van der Waals surface area contributed by atoms with E-state index in [4.69, 9.17) is 6.57 Å². The predicted molar refractivity (Wildman–Crippen MR) is 134 cm³/mol. The van der Waals surface area contributed by atoms with Crippen molar-refractivity contribution in [2.75, 3.05) is 0 Å². The first-order chi connectivity index (χ1) is 17.3. The molecule has 6 aromatic rings. The third kappa shape index (κ3) is 3.28. The Labute approximate surface area is 200 Å². The van der Waals surface area contributed by atoms with Gasteiger partial charge in [-0.1, -0.05) is 61.2 Å². The lowest BCUT2D eigenvalue weighted by Gasteiger charge is -2.17. The molecule has 0 bridgehead atoms. The van der Waals surface area contributed by atoms with Crippen LogP contribution in [0.5, 0.6) is 0 Å². The molecule has 0 aliphatic rings. The number of aromatic nitrogens is 5. The second-order valence-corrected chi connectivity index (χ2v) is 7.84. The van der Waals surface area contributed by atoms with Crippen LogP contribution >= 0.6 is 0 Å². The number of benzene rings is 3. The van der Waals surface area contributed by atoms with Gasteiger partial charge in [-0.3, -0.25) is 9.97 Å². The van der Waals surface area contributed by atoms with Gasteiger partial charge in [0.1, 0.15) is 18.0 Å². The average molecular weight is 449 g/mol. The molecule has 3 aromatic carbocycles. The number of nitrogens with zero attached hydrogens (tertiary/aromatic N) is 7. The van der Waals surface area contributed by atoms with Crippen molar-refractivity contribution < 1.29 is 0 Å². The Kier molecular flexibility index (Phi) is 4.73. The van der Waals surface area contributed by atoms with E-state index in [1.54, 1.807) is 12.4 Å². The zero-order valence-corrected chi connectivity index (χ0v) is 18.3. The summed E-state index contributed by atoms with van der Waals surface area (Å²) in [5.74, 6) is 0.237. The molecule has 7 heteroatoms. The van der Waals surface area contributed by atoms with Gasteiger partial charge < -0.3 is 9.41 Å². The number of hydrogen-bond donors (Lipinski definition) is 0. The van der Waals surface area contributed by atoms with Gasteiger partial charge in [-0.05, 0) is 12.1 Å². The summed E-state index contributed by atoms with van der Waals surface area (Å²) >= 11 is 0. The summed E-state index contributed by atoms with van der Waals surface area (Å²) in [4.78, 5) is 21.0. The Morgan fingerprint density at radius 1 is 0.686 bits per heavy atom. The maximum Gasteiger partial charge on any atom is 0.287 e. The number of nitriles is 1. The zero-order valence-electron chi connectivity index (χ0n) is 18.3. The van der Waals surface area contributed by atoms with E-state index in [0.29, 0.717) is 11.4 Å². The summed E-state index contributed by atoms with van der Waals surface area (Å²) in [6, 6.07) is 24.4. The quantitative estimate of drug-likeness (QED) is 0.304. The molecule has 0 atom stereocenters. The molecule has 0 aliphatic carbocycles. The molecule has 0 saturated carbocycles. The molecule has 0 aliphatic heterocycles. The Balaban J connectivity index is 1.74. The van der Waals surface area contributed by atoms with Crippen LogP contribution in [0, 0.1) is 17.9 Å². The average Bonchev–Trinajstić information content (AvgIpc) is 3.27. The highest BCUT2D eigenvalue weighted by Gasteiger charge is 2.21. The SMILES string of the molecule is [C-]#[N+]c1cnc(-c2cccc(-c3cnc(C#N)cn3)c2-n2c3ccccc3c3ccccc32)cn1. The Hall–Kier alpha value is -5.40. The molecule has 0 spiro atoms. The molecule has 0 radical (unpaired) electrons. The molecule has 35 heavy (non-hydrogen) atoms. The zero-order chi connectivity index (χ0) is 23.8. The molecule has 162 valence electrons. The fraction of sp³-hybridized carbons (Fsp3) is 0. The van der Waals surface area contributed by atoms with Crippen LogP contribution in [-0.2, 0) is 0 Å². The lowest BCUT2D eigenvalue weighted by atomic mass is 10.0. The molecule has 0 unspecified atom stereocenters. The molecule has 3 heterocycles. The maximum atomic E-state index is 9.18. The van der Waals surface area contributed by atoms with E-state index in [-0.39, 0.29) is 11.5 Å². The van der Waals surface area contributed by atoms with Crippen molar-refractivity contribution in [2.45, 2.75) is 0 Å². The van der Waals surface area contributed by atoms with E-state index in [0.717, 1.165) is 38.6 Å². The third-order valence-electron chi connectivity index (χ3n) is 5.91. The number of hydrogen-bond acceptors (Lipinski definition) is 5. The normalized spacial score (nSPS) is 10.8. The predicted octanol–water partition coefficient (Wildman–Crippen LogP) is 6.12. The second-order valence-electron chi connectivity index (χ2n) is 7.84. The van der Waals surface area contributed by atoms with Gasteiger partial charge in [-0.25, -0.2) is 4.98 Å².